The predicted molar refractivity (Wildman–Crippen MR) is 40.3 cm³/mol. The van der Waals surface area contributed by atoms with E-state index >= 15 is 0 Å². The van der Waals surface area contributed by atoms with Gasteiger partial charge in [-0.3, -0.25) is 4.99 Å². The molecule has 8 heavy (non-hydrogen) atoms. The third-order valence-corrected chi connectivity index (χ3v) is 2.45. The summed E-state index contributed by atoms with van der Waals surface area (Å²) >= 11 is 0. The molecule has 0 N–H and O–H groups in total. The fraction of sp³-hybridized carbons (Fsp3) is 0.167. The average Bonchev–Trinajstić information content (AvgIpc) is 2.14. The number of rotatable bonds is 0. The zero-order valence-electron chi connectivity index (χ0n) is 4.63. The number of aliphatic imine (C=N–C) groups is 1. The van der Waals surface area contributed by atoms with Gasteiger partial charge in [0.25, 0.3) is 0 Å². The molecule has 0 aromatic carbocycles. The normalized spacial score (nSPS) is 29.5. The summed E-state index contributed by atoms with van der Waals surface area (Å²) < 4.78 is 0. The van der Waals surface area contributed by atoms with E-state index in [1.54, 1.807) is 6.20 Å². The van der Waals surface area contributed by atoms with Crippen LogP contribution in [-0.2, 0) is 0 Å². The molecule has 42 valence electrons. The van der Waals surface area contributed by atoms with Crippen LogP contribution in [0.2, 0.25) is 0 Å². The lowest BCUT2D eigenvalue weighted by Gasteiger charge is -1.99. The molecule has 2 heteroatoms. The Morgan fingerprint density at radius 1 is 1.88 bits per heavy atom. The Hall–Kier alpha value is -0.680. The molecule has 0 saturated heterocycles. The zero-order valence-corrected chi connectivity index (χ0v) is 5.52. The first-order valence-corrected chi connectivity index (χ1v) is 4.13. The zero-order chi connectivity index (χ0) is 5.98. The highest BCUT2D eigenvalue weighted by molar-refractivity contribution is 8.31. The van der Waals surface area contributed by atoms with Crippen LogP contribution >= 0.6 is 10.9 Å². The molecule has 1 aliphatic rings. The summed E-state index contributed by atoms with van der Waals surface area (Å²) in [7, 11) is -0.195. The maximum atomic E-state index is 5.14. The third-order valence-electron chi connectivity index (χ3n) is 0.965. The third kappa shape index (κ3) is 0.775. The molecule has 0 aromatic rings. The van der Waals surface area contributed by atoms with Crippen LogP contribution in [0.4, 0.5) is 0 Å². The molecule has 1 rings (SSSR count). The van der Waals surface area contributed by atoms with E-state index in [2.05, 4.69) is 17.2 Å². The predicted octanol–water partition coefficient (Wildman–Crippen LogP) is 1.13. The van der Waals surface area contributed by atoms with Gasteiger partial charge in [0.1, 0.15) is 0 Å². The summed E-state index contributed by atoms with van der Waals surface area (Å²) in [6.07, 6.45) is 8.99. The molecule has 1 aliphatic heterocycles. The van der Waals surface area contributed by atoms with E-state index in [9.17, 15) is 0 Å². The fourth-order valence-corrected chi connectivity index (χ4v) is 1.34. The standard InChI is InChI=1S/C6H7NS/c1-3-6-4-7-5-8(6)2/h1,4-5,8H,2H3. The van der Waals surface area contributed by atoms with E-state index in [1.807, 2.05) is 5.55 Å². The number of terminal acetylenes is 1. The maximum Gasteiger partial charge on any atom is 0.0604 e. The van der Waals surface area contributed by atoms with Gasteiger partial charge in [0.15, 0.2) is 0 Å². The first kappa shape index (κ1) is 5.46. The van der Waals surface area contributed by atoms with E-state index in [0.717, 1.165) is 4.91 Å². The van der Waals surface area contributed by atoms with Gasteiger partial charge in [0, 0.05) is 11.7 Å². The van der Waals surface area contributed by atoms with E-state index in [1.165, 1.54) is 0 Å². The van der Waals surface area contributed by atoms with Gasteiger partial charge in [-0.2, -0.15) is 10.9 Å². The molecule has 1 atom stereocenters. The molecule has 0 aliphatic carbocycles. The molecule has 0 spiro atoms. The Bertz CT molecular complexity index is 185. The van der Waals surface area contributed by atoms with Crippen molar-refractivity contribution in [3.05, 3.63) is 11.1 Å². The largest absolute Gasteiger partial charge is 0.258 e. The van der Waals surface area contributed by atoms with Crippen molar-refractivity contribution in [3.8, 4) is 12.3 Å². The van der Waals surface area contributed by atoms with Gasteiger partial charge in [-0.05, 0) is 6.26 Å². The van der Waals surface area contributed by atoms with Crippen LogP contribution in [0.15, 0.2) is 16.1 Å². The highest BCUT2D eigenvalue weighted by atomic mass is 32.2. The highest BCUT2D eigenvalue weighted by Crippen LogP contribution is 2.31. The van der Waals surface area contributed by atoms with Gasteiger partial charge >= 0.3 is 0 Å². The molecular formula is C6H7NS. The van der Waals surface area contributed by atoms with Gasteiger partial charge in [0.05, 0.1) is 4.91 Å². The van der Waals surface area contributed by atoms with Crippen molar-refractivity contribution in [2.45, 2.75) is 0 Å². The lowest BCUT2D eigenvalue weighted by Crippen LogP contribution is -1.73. The van der Waals surface area contributed by atoms with Crippen LogP contribution in [0.3, 0.4) is 0 Å². The first-order valence-electron chi connectivity index (χ1n) is 2.27. The average molecular weight is 125 g/mol. The van der Waals surface area contributed by atoms with Crippen LogP contribution in [-0.4, -0.2) is 11.8 Å². The van der Waals surface area contributed by atoms with Crippen LogP contribution < -0.4 is 0 Å². The van der Waals surface area contributed by atoms with Gasteiger partial charge in [0.2, 0.25) is 0 Å². The van der Waals surface area contributed by atoms with E-state index in [0.29, 0.717) is 0 Å². The number of allylic oxidation sites excluding steroid dienone is 1. The maximum absolute atomic E-state index is 5.14. The highest BCUT2D eigenvalue weighted by Gasteiger charge is 2.01. The van der Waals surface area contributed by atoms with Crippen LogP contribution in [0.5, 0.6) is 0 Å². The Balaban J connectivity index is 2.77. The molecule has 1 unspecified atom stereocenters. The van der Waals surface area contributed by atoms with Crippen molar-refractivity contribution >= 4 is 16.4 Å². The molecule has 0 fully saturated rings. The van der Waals surface area contributed by atoms with Crippen LogP contribution in [0.1, 0.15) is 0 Å². The Labute approximate surface area is 51.9 Å². The number of hydrogen-bond acceptors (Lipinski definition) is 1. The van der Waals surface area contributed by atoms with Crippen molar-refractivity contribution in [1.82, 2.24) is 0 Å². The van der Waals surface area contributed by atoms with Crippen molar-refractivity contribution < 1.29 is 0 Å². The molecule has 0 saturated carbocycles. The minimum absolute atomic E-state index is 0.195. The minimum atomic E-state index is -0.195. The van der Waals surface area contributed by atoms with Gasteiger partial charge in [-0.15, -0.1) is 6.42 Å². The molecule has 0 aromatic heterocycles. The van der Waals surface area contributed by atoms with Crippen molar-refractivity contribution in [2.24, 2.45) is 4.99 Å². The second-order valence-corrected chi connectivity index (χ2v) is 3.47. The van der Waals surface area contributed by atoms with Crippen molar-refractivity contribution in [3.63, 3.8) is 0 Å². The second kappa shape index (κ2) is 2.06. The smallest absolute Gasteiger partial charge is 0.0604 e. The van der Waals surface area contributed by atoms with E-state index in [-0.39, 0.29) is 10.9 Å². The van der Waals surface area contributed by atoms with Gasteiger partial charge in [-0.1, -0.05) is 5.92 Å². The van der Waals surface area contributed by atoms with Crippen molar-refractivity contribution in [2.75, 3.05) is 6.26 Å². The molecular weight excluding hydrogens is 118 g/mol. The topological polar surface area (TPSA) is 12.4 Å². The SMILES string of the molecule is C#CC1=CN=C[SH]1C. The van der Waals surface area contributed by atoms with Gasteiger partial charge in [-0.25, -0.2) is 0 Å². The first-order chi connectivity index (χ1) is 3.84. The fourth-order valence-electron chi connectivity index (χ4n) is 0.496. The summed E-state index contributed by atoms with van der Waals surface area (Å²) in [5.74, 6) is 2.58. The van der Waals surface area contributed by atoms with Crippen molar-refractivity contribution in [1.29, 1.82) is 0 Å². The number of thiol groups is 1. The molecule has 1 nitrogen and oxygen atoms in total. The summed E-state index contributed by atoms with van der Waals surface area (Å²) in [5.41, 5.74) is 1.91. The summed E-state index contributed by atoms with van der Waals surface area (Å²) in [6, 6.07) is 0. The lowest BCUT2D eigenvalue weighted by molar-refractivity contribution is 1.63. The molecule has 0 bridgehead atoms. The lowest BCUT2D eigenvalue weighted by atomic mass is 10.6. The second-order valence-electron chi connectivity index (χ2n) is 1.53. The summed E-state index contributed by atoms with van der Waals surface area (Å²) in [5, 5.41) is 0. The van der Waals surface area contributed by atoms with E-state index in [4.69, 9.17) is 6.42 Å². The molecule has 0 amide bonds. The van der Waals surface area contributed by atoms with E-state index < -0.39 is 0 Å². The van der Waals surface area contributed by atoms with Gasteiger partial charge < -0.3 is 0 Å². The number of hydrogen-bond donors (Lipinski definition) is 1. The summed E-state index contributed by atoms with van der Waals surface area (Å²) in [6.45, 7) is 0. The Kier molecular flexibility index (Phi) is 1.40. The Morgan fingerprint density at radius 2 is 2.62 bits per heavy atom. The summed E-state index contributed by atoms with van der Waals surface area (Å²) in [4.78, 5) is 4.96. The monoisotopic (exact) mass is 125 g/mol. The van der Waals surface area contributed by atoms with Crippen LogP contribution in [0.25, 0.3) is 0 Å². The van der Waals surface area contributed by atoms with Crippen LogP contribution in [0, 0.1) is 12.3 Å². The number of nitrogens with zero attached hydrogens (tertiary/aromatic N) is 1. The molecule has 1 heterocycles. The quantitative estimate of drug-likeness (QED) is 0.368. The molecule has 0 radical (unpaired) electrons. The Morgan fingerprint density at radius 3 is 2.88 bits per heavy atom. The minimum Gasteiger partial charge on any atom is -0.258 e.